The third kappa shape index (κ3) is 2.94. The van der Waals surface area contributed by atoms with Crippen LogP contribution in [0.1, 0.15) is 53.4 Å². The molecule has 1 rings (SSSR count). The number of nitriles is 1. The van der Waals surface area contributed by atoms with Crippen molar-refractivity contribution in [3.63, 3.8) is 0 Å². The van der Waals surface area contributed by atoms with Gasteiger partial charge in [-0.2, -0.15) is 10.3 Å². The van der Waals surface area contributed by atoms with Gasteiger partial charge in [0.15, 0.2) is 6.29 Å². The highest BCUT2D eigenvalue weighted by Gasteiger charge is 2.43. The Balaban J connectivity index is 2.79. The summed E-state index contributed by atoms with van der Waals surface area (Å²) < 4.78 is 6.94. The Hall–Kier alpha value is -0.630. The predicted molar refractivity (Wildman–Crippen MR) is 61.2 cm³/mol. The van der Waals surface area contributed by atoms with Crippen LogP contribution in [-0.2, 0) is 4.84 Å². The van der Waals surface area contributed by atoms with Gasteiger partial charge in [0.25, 0.3) is 0 Å². The Morgan fingerprint density at radius 2 is 2.00 bits per heavy atom. The Bertz CT molecular complexity index is 283. The second-order valence-corrected chi connectivity index (χ2v) is 5.67. The highest BCUT2D eigenvalue weighted by Crippen LogP contribution is 2.38. The molecule has 0 radical (unpaired) electrons. The molecule has 1 heterocycles. The summed E-state index contributed by atoms with van der Waals surface area (Å²) in [5.41, 5.74) is -0.206. The summed E-state index contributed by atoms with van der Waals surface area (Å²) in [5.74, 6) is 0. The van der Waals surface area contributed by atoms with Crippen LogP contribution >= 0.6 is 0 Å². The standard InChI is InChI=1S/C12H22N2O2/c1-11(2)7-5-8-12(3,4)14(11)16-10(15)6-9-13/h10,15H,5-8H2,1-4H3/i15D. The van der Waals surface area contributed by atoms with Crippen LogP contribution in [0.15, 0.2) is 0 Å². The Morgan fingerprint density at radius 1 is 1.44 bits per heavy atom. The van der Waals surface area contributed by atoms with Crippen molar-refractivity contribution in [2.24, 2.45) is 0 Å². The quantitative estimate of drug-likeness (QED) is 0.748. The highest BCUT2D eigenvalue weighted by molar-refractivity contribution is 4.93. The van der Waals surface area contributed by atoms with Crippen molar-refractivity contribution in [1.82, 2.24) is 5.06 Å². The zero-order valence-electron chi connectivity index (χ0n) is 11.6. The maximum Gasteiger partial charge on any atom is 0.213 e. The molecule has 0 aromatic rings. The number of aliphatic hydroxyl groups excluding tert-OH is 1. The van der Waals surface area contributed by atoms with E-state index in [1.807, 2.05) is 11.1 Å². The maximum absolute atomic E-state index is 8.65. The van der Waals surface area contributed by atoms with Crippen LogP contribution in [0.25, 0.3) is 0 Å². The number of nitrogens with zero attached hydrogens (tertiary/aromatic N) is 2. The maximum atomic E-state index is 8.65. The van der Waals surface area contributed by atoms with Crippen molar-refractivity contribution in [3.05, 3.63) is 0 Å². The van der Waals surface area contributed by atoms with Gasteiger partial charge in [-0.15, -0.1) is 0 Å². The molecule has 1 atom stereocenters. The lowest BCUT2D eigenvalue weighted by Gasteiger charge is -2.51. The molecule has 16 heavy (non-hydrogen) atoms. The highest BCUT2D eigenvalue weighted by atomic mass is 16.8. The first kappa shape index (κ1) is 11.8. The summed E-state index contributed by atoms with van der Waals surface area (Å²) in [5, 5.41) is 15.0. The number of hydroxylamine groups is 2. The molecule has 4 heteroatoms. The largest absolute Gasteiger partial charge is 0.366 e. The summed E-state index contributed by atoms with van der Waals surface area (Å²) in [6.07, 6.45) is 2.48. The minimum Gasteiger partial charge on any atom is -0.366 e. The molecule has 4 nitrogen and oxygen atoms in total. The fourth-order valence-electron chi connectivity index (χ4n) is 2.49. The Kier molecular flexibility index (Phi) is 3.48. The van der Waals surface area contributed by atoms with Crippen LogP contribution in [0.3, 0.4) is 0 Å². The normalized spacial score (nSPS) is 26.8. The summed E-state index contributed by atoms with van der Waals surface area (Å²) in [6.45, 7) is 8.45. The third-order valence-electron chi connectivity index (χ3n) is 3.16. The van der Waals surface area contributed by atoms with Gasteiger partial charge < -0.3 is 5.11 Å². The molecule has 1 unspecified atom stereocenters. The van der Waals surface area contributed by atoms with Crippen molar-refractivity contribution in [3.8, 4) is 6.07 Å². The van der Waals surface area contributed by atoms with E-state index in [0.29, 0.717) is 0 Å². The molecule has 0 aliphatic carbocycles. The smallest absolute Gasteiger partial charge is 0.213 e. The van der Waals surface area contributed by atoms with E-state index in [9.17, 15) is 0 Å². The van der Waals surface area contributed by atoms with Crippen molar-refractivity contribution in [1.29, 1.82) is 6.69 Å². The number of hydrogen-bond acceptors (Lipinski definition) is 4. The second kappa shape index (κ2) is 4.70. The SMILES string of the molecule is [2H]OC(CC#N)ON1C(C)(C)CCCC1(C)C. The molecule has 1 N–H and O–H groups in total. The van der Waals surface area contributed by atoms with E-state index in [2.05, 4.69) is 32.8 Å². The first-order valence-corrected chi connectivity index (χ1v) is 5.79. The van der Waals surface area contributed by atoms with Gasteiger partial charge in [0.1, 0.15) is 0 Å². The van der Waals surface area contributed by atoms with E-state index in [-0.39, 0.29) is 17.5 Å². The van der Waals surface area contributed by atoms with Gasteiger partial charge in [-0.05, 0) is 47.0 Å². The summed E-state index contributed by atoms with van der Waals surface area (Å²) in [6, 6.07) is 1.97. The topological polar surface area (TPSA) is 56.5 Å². The number of aliphatic hydroxyl groups is 1. The van der Waals surface area contributed by atoms with Crippen molar-refractivity contribution in [2.75, 3.05) is 0 Å². The molecule has 0 aromatic carbocycles. The summed E-state index contributed by atoms with van der Waals surface area (Å²) in [4.78, 5) is 5.71. The summed E-state index contributed by atoms with van der Waals surface area (Å²) >= 11 is 0. The van der Waals surface area contributed by atoms with E-state index in [0.717, 1.165) is 19.3 Å². The minimum absolute atomic E-state index is 0.0617. The number of piperidine rings is 1. The zero-order valence-corrected chi connectivity index (χ0v) is 10.6. The fourth-order valence-corrected chi connectivity index (χ4v) is 2.49. The van der Waals surface area contributed by atoms with E-state index in [1.165, 1.54) is 0 Å². The lowest BCUT2D eigenvalue weighted by atomic mass is 9.82. The van der Waals surface area contributed by atoms with Gasteiger partial charge in [-0.1, -0.05) is 0 Å². The average Bonchev–Trinajstić information content (AvgIpc) is 2.21. The van der Waals surface area contributed by atoms with E-state index < -0.39 is 6.29 Å². The van der Waals surface area contributed by atoms with Crippen LogP contribution in [0, 0.1) is 11.3 Å². The number of rotatable bonds is 4. The average molecular weight is 227 g/mol. The van der Waals surface area contributed by atoms with Crippen LogP contribution in [0.5, 0.6) is 0 Å². The van der Waals surface area contributed by atoms with Gasteiger partial charge >= 0.3 is 0 Å². The van der Waals surface area contributed by atoms with Gasteiger partial charge in [-0.25, -0.2) is 0 Å². The minimum atomic E-state index is -0.809. The number of hydrogen-bond donors (Lipinski definition) is 1. The molecule has 1 fully saturated rings. The molecule has 0 amide bonds. The molecule has 0 aromatic heterocycles. The van der Waals surface area contributed by atoms with E-state index in [4.69, 9.17) is 11.5 Å². The lowest BCUT2D eigenvalue weighted by Crippen LogP contribution is -2.59. The fraction of sp³-hybridized carbons (Fsp3) is 0.917. The van der Waals surface area contributed by atoms with E-state index >= 15 is 0 Å². The van der Waals surface area contributed by atoms with Gasteiger partial charge in [-0.3, -0.25) is 4.84 Å². The monoisotopic (exact) mass is 227 g/mol. The molecule has 1 aliphatic rings. The molecule has 0 bridgehead atoms. The Morgan fingerprint density at radius 3 is 2.44 bits per heavy atom. The van der Waals surface area contributed by atoms with Crippen LogP contribution in [0.2, 0.25) is 0 Å². The van der Waals surface area contributed by atoms with Crippen molar-refractivity contribution in [2.45, 2.75) is 70.7 Å². The van der Waals surface area contributed by atoms with Crippen LogP contribution < -0.4 is 0 Å². The molecule has 92 valence electrons. The first-order chi connectivity index (χ1) is 7.83. The van der Waals surface area contributed by atoms with Crippen molar-refractivity contribution >= 4 is 0 Å². The third-order valence-corrected chi connectivity index (χ3v) is 3.16. The van der Waals surface area contributed by atoms with Crippen LogP contribution in [0.4, 0.5) is 0 Å². The molecular formula is C12H22N2O2. The Labute approximate surface area is 99.3 Å². The first-order valence-electron chi connectivity index (χ1n) is 6.20. The van der Waals surface area contributed by atoms with Crippen molar-refractivity contribution < 1.29 is 9.95 Å². The molecule has 1 saturated heterocycles. The molecule has 1 aliphatic heterocycles. The zero-order chi connectivity index (χ0) is 13.1. The second-order valence-electron chi connectivity index (χ2n) is 5.67. The molecular weight excluding hydrogens is 204 g/mol. The van der Waals surface area contributed by atoms with Crippen LogP contribution in [-0.4, -0.2) is 29.0 Å². The molecule has 0 spiro atoms. The van der Waals surface area contributed by atoms with E-state index in [1.54, 1.807) is 0 Å². The molecule has 0 saturated carbocycles. The lowest BCUT2D eigenvalue weighted by molar-refractivity contribution is -0.342. The predicted octanol–water partition coefficient (Wildman–Crippen LogP) is 2.19. The van der Waals surface area contributed by atoms with Gasteiger partial charge in [0, 0.05) is 11.1 Å². The summed E-state index contributed by atoms with van der Waals surface area (Å²) in [7, 11) is 0. The van der Waals surface area contributed by atoms with Gasteiger partial charge in [0.05, 0.1) is 12.5 Å². The van der Waals surface area contributed by atoms with Gasteiger partial charge in [0.2, 0.25) is 1.43 Å².